The molecule has 0 bridgehead atoms. The molecule has 260 valence electrons. The molecule has 49 heavy (non-hydrogen) atoms. The lowest BCUT2D eigenvalue weighted by atomic mass is 10.0. The molecule has 0 aliphatic rings. The SMILES string of the molecule is CCOc1ccccc1N(CC(=O)N(Cc1c(Cl)cccc1Cl)C(Cc1ccccc1)C(=O)NC(C)CC)S(=O)(=O)c1ccc(SC)cc1. The summed E-state index contributed by atoms with van der Waals surface area (Å²) in [6.07, 6.45) is 2.73. The van der Waals surface area contributed by atoms with Crippen LogP contribution in [-0.2, 0) is 32.6 Å². The highest BCUT2D eigenvalue weighted by molar-refractivity contribution is 7.98. The van der Waals surface area contributed by atoms with Gasteiger partial charge in [0.25, 0.3) is 10.0 Å². The number of benzene rings is 4. The number of nitrogens with zero attached hydrogens (tertiary/aromatic N) is 2. The lowest BCUT2D eigenvalue weighted by Crippen LogP contribution is -2.54. The first-order valence-corrected chi connectivity index (χ1v) is 19.4. The second kappa shape index (κ2) is 17.8. The van der Waals surface area contributed by atoms with Gasteiger partial charge in [-0.1, -0.05) is 78.7 Å². The zero-order chi connectivity index (χ0) is 35.6. The molecule has 4 aromatic carbocycles. The Labute approximate surface area is 303 Å². The number of hydrogen-bond acceptors (Lipinski definition) is 6. The van der Waals surface area contributed by atoms with Crippen LogP contribution in [-0.4, -0.2) is 56.6 Å². The summed E-state index contributed by atoms with van der Waals surface area (Å²) in [5.74, 6) is -0.725. The van der Waals surface area contributed by atoms with Gasteiger partial charge in [-0.2, -0.15) is 0 Å². The first-order valence-electron chi connectivity index (χ1n) is 15.9. The number of carbonyl (C=O) groups is 2. The summed E-state index contributed by atoms with van der Waals surface area (Å²) in [6, 6.07) is 26.3. The van der Waals surface area contributed by atoms with Gasteiger partial charge in [-0.25, -0.2) is 8.42 Å². The van der Waals surface area contributed by atoms with Crippen molar-refractivity contribution in [2.24, 2.45) is 0 Å². The van der Waals surface area contributed by atoms with Crippen LogP contribution >= 0.6 is 35.0 Å². The molecule has 0 heterocycles. The smallest absolute Gasteiger partial charge is 0.264 e. The average molecular weight is 743 g/mol. The number of sulfonamides is 1. The summed E-state index contributed by atoms with van der Waals surface area (Å²) in [5, 5.41) is 3.65. The second-order valence-electron chi connectivity index (χ2n) is 11.3. The molecule has 0 radical (unpaired) electrons. The van der Waals surface area contributed by atoms with Gasteiger partial charge in [0, 0.05) is 39.5 Å². The van der Waals surface area contributed by atoms with E-state index < -0.39 is 28.5 Å². The van der Waals surface area contributed by atoms with E-state index in [4.69, 9.17) is 27.9 Å². The predicted octanol–water partition coefficient (Wildman–Crippen LogP) is 7.86. The van der Waals surface area contributed by atoms with Gasteiger partial charge in [0.05, 0.1) is 17.2 Å². The summed E-state index contributed by atoms with van der Waals surface area (Å²) in [5.41, 5.74) is 1.44. The van der Waals surface area contributed by atoms with Gasteiger partial charge in [-0.05, 0) is 80.6 Å². The molecule has 2 unspecified atom stereocenters. The standard InChI is InChI=1S/C37H41Cl2N3O5S2/c1-5-26(3)40-37(44)34(23-27-13-8-7-9-14-27)41(24-30-31(38)15-12-16-32(30)39)36(43)25-42(33-17-10-11-18-35(33)47-6-2)49(45,46)29-21-19-28(48-4)20-22-29/h7-22,26,34H,5-6,23-25H2,1-4H3,(H,40,44). The van der Waals surface area contributed by atoms with Crippen LogP contribution in [0.4, 0.5) is 5.69 Å². The number of hydrogen-bond donors (Lipinski definition) is 1. The summed E-state index contributed by atoms with van der Waals surface area (Å²) in [7, 11) is -4.32. The Bertz CT molecular complexity index is 1810. The molecule has 0 aromatic heterocycles. The molecule has 0 saturated heterocycles. The molecule has 4 aromatic rings. The summed E-state index contributed by atoms with van der Waals surface area (Å²) < 4.78 is 35.8. The Kier molecular flexibility index (Phi) is 13.8. The van der Waals surface area contributed by atoms with Crippen LogP contribution in [0.25, 0.3) is 0 Å². The third-order valence-electron chi connectivity index (χ3n) is 8.02. The number of rotatable bonds is 16. The number of para-hydroxylation sites is 2. The highest BCUT2D eigenvalue weighted by atomic mass is 35.5. The maximum atomic E-state index is 14.8. The molecule has 4 rings (SSSR count). The first-order chi connectivity index (χ1) is 23.5. The highest BCUT2D eigenvalue weighted by Crippen LogP contribution is 2.34. The van der Waals surface area contributed by atoms with Crippen molar-refractivity contribution < 1.29 is 22.7 Å². The fourth-order valence-electron chi connectivity index (χ4n) is 5.18. The van der Waals surface area contributed by atoms with Crippen LogP contribution in [0, 0.1) is 0 Å². The number of nitrogens with one attached hydrogen (secondary N) is 1. The quantitative estimate of drug-likeness (QED) is 0.118. The normalized spacial score (nSPS) is 12.5. The first kappa shape index (κ1) is 38.1. The Morgan fingerprint density at radius 1 is 0.878 bits per heavy atom. The molecular weight excluding hydrogens is 701 g/mol. The molecular formula is C37H41Cl2N3O5S2. The number of carbonyl (C=O) groups excluding carboxylic acids is 2. The van der Waals surface area contributed by atoms with E-state index in [1.165, 1.54) is 28.8 Å². The van der Waals surface area contributed by atoms with Crippen molar-refractivity contribution in [3.8, 4) is 5.75 Å². The summed E-state index contributed by atoms with van der Waals surface area (Å²) in [6.45, 7) is 5.12. The van der Waals surface area contributed by atoms with Crippen LogP contribution < -0.4 is 14.4 Å². The molecule has 0 aliphatic heterocycles. The second-order valence-corrected chi connectivity index (χ2v) is 14.9. The molecule has 8 nitrogen and oxygen atoms in total. The van der Waals surface area contributed by atoms with Gasteiger partial charge in [0.1, 0.15) is 18.3 Å². The summed E-state index contributed by atoms with van der Waals surface area (Å²) >= 11 is 14.7. The van der Waals surface area contributed by atoms with Gasteiger partial charge in [0.15, 0.2) is 0 Å². The number of ether oxygens (including phenoxy) is 1. The molecule has 0 aliphatic carbocycles. The third-order valence-corrected chi connectivity index (χ3v) is 11.2. The van der Waals surface area contributed by atoms with E-state index in [0.717, 1.165) is 14.8 Å². The van der Waals surface area contributed by atoms with Crippen LogP contribution in [0.1, 0.15) is 38.3 Å². The minimum atomic E-state index is -4.32. The Hall–Kier alpha value is -3.70. The maximum absolute atomic E-state index is 14.8. The van der Waals surface area contributed by atoms with Crippen LogP contribution in [0.5, 0.6) is 5.75 Å². The highest BCUT2D eigenvalue weighted by Gasteiger charge is 2.36. The van der Waals surface area contributed by atoms with Crippen molar-refractivity contribution in [1.82, 2.24) is 10.2 Å². The van der Waals surface area contributed by atoms with Crippen molar-refractivity contribution >= 4 is 62.5 Å². The van der Waals surface area contributed by atoms with Crippen molar-refractivity contribution in [3.05, 3.63) is 118 Å². The topological polar surface area (TPSA) is 96.0 Å². The molecule has 0 saturated carbocycles. The van der Waals surface area contributed by atoms with Crippen molar-refractivity contribution in [2.45, 2.75) is 62.0 Å². The Morgan fingerprint density at radius 3 is 2.12 bits per heavy atom. The minimum Gasteiger partial charge on any atom is -0.492 e. The van der Waals surface area contributed by atoms with Gasteiger partial charge >= 0.3 is 0 Å². The van der Waals surface area contributed by atoms with Crippen molar-refractivity contribution in [3.63, 3.8) is 0 Å². The van der Waals surface area contributed by atoms with E-state index in [-0.39, 0.29) is 47.9 Å². The van der Waals surface area contributed by atoms with E-state index in [1.54, 1.807) is 61.5 Å². The molecule has 1 N–H and O–H groups in total. The van der Waals surface area contributed by atoms with Crippen molar-refractivity contribution in [2.75, 3.05) is 23.7 Å². The van der Waals surface area contributed by atoms with Gasteiger partial charge in [-0.15, -0.1) is 11.8 Å². The zero-order valence-electron chi connectivity index (χ0n) is 27.9. The molecule has 2 atom stereocenters. The van der Waals surface area contributed by atoms with E-state index in [0.29, 0.717) is 22.0 Å². The molecule has 2 amide bonds. The number of thioether (sulfide) groups is 1. The monoisotopic (exact) mass is 741 g/mol. The van der Waals surface area contributed by atoms with Crippen LogP contribution in [0.2, 0.25) is 10.0 Å². The van der Waals surface area contributed by atoms with Crippen LogP contribution in [0.15, 0.2) is 107 Å². The van der Waals surface area contributed by atoms with Gasteiger partial charge in [-0.3, -0.25) is 13.9 Å². The Balaban J connectivity index is 1.88. The predicted molar refractivity (Wildman–Crippen MR) is 199 cm³/mol. The maximum Gasteiger partial charge on any atom is 0.264 e. The molecule has 0 spiro atoms. The van der Waals surface area contributed by atoms with Crippen molar-refractivity contribution in [1.29, 1.82) is 0 Å². The van der Waals surface area contributed by atoms with E-state index in [2.05, 4.69) is 5.32 Å². The van der Waals surface area contributed by atoms with E-state index >= 15 is 0 Å². The summed E-state index contributed by atoms with van der Waals surface area (Å²) in [4.78, 5) is 31.1. The number of anilines is 1. The van der Waals surface area contributed by atoms with E-state index in [1.807, 2.05) is 50.4 Å². The average Bonchev–Trinajstić information content (AvgIpc) is 3.10. The fourth-order valence-corrected chi connectivity index (χ4v) is 7.53. The van der Waals surface area contributed by atoms with Gasteiger partial charge in [0.2, 0.25) is 11.8 Å². The Morgan fingerprint density at radius 2 is 1.51 bits per heavy atom. The van der Waals surface area contributed by atoms with Crippen LogP contribution in [0.3, 0.4) is 0 Å². The molecule has 0 fully saturated rings. The van der Waals surface area contributed by atoms with E-state index in [9.17, 15) is 18.0 Å². The van der Waals surface area contributed by atoms with Gasteiger partial charge < -0.3 is 15.0 Å². The third kappa shape index (κ3) is 9.72. The molecule has 12 heteroatoms. The fraction of sp³-hybridized carbons (Fsp3) is 0.297. The lowest BCUT2D eigenvalue weighted by Gasteiger charge is -2.35. The lowest BCUT2D eigenvalue weighted by molar-refractivity contribution is -0.140. The minimum absolute atomic E-state index is 0.000416. The zero-order valence-corrected chi connectivity index (χ0v) is 31.1. The largest absolute Gasteiger partial charge is 0.492 e. The number of halogens is 2. The number of amides is 2.